The van der Waals surface area contributed by atoms with Gasteiger partial charge in [0.15, 0.2) is 0 Å². The minimum Gasteiger partial charge on any atom is -0.352 e. The molecule has 2 rings (SSSR count). The van der Waals surface area contributed by atoms with Crippen LogP contribution in [0.5, 0.6) is 0 Å². The van der Waals surface area contributed by atoms with Gasteiger partial charge in [-0.3, -0.25) is 9.59 Å². The molecule has 7 nitrogen and oxygen atoms in total. The summed E-state index contributed by atoms with van der Waals surface area (Å²) in [6.45, 7) is 3.13. The van der Waals surface area contributed by atoms with Gasteiger partial charge in [0.05, 0.1) is 5.69 Å². The fourth-order valence-electron chi connectivity index (χ4n) is 4.82. The number of nitrogens with one attached hydrogen (secondary N) is 1. The van der Waals surface area contributed by atoms with Crippen molar-refractivity contribution in [2.45, 2.75) is 109 Å². The van der Waals surface area contributed by atoms with Gasteiger partial charge in [-0.25, -0.2) is 9.69 Å². The van der Waals surface area contributed by atoms with Gasteiger partial charge in [0.2, 0.25) is 5.91 Å². The molecule has 1 aromatic rings. The van der Waals surface area contributed by atoms with Crippen LogP contribution >= 0.6 is 11.6 Å². The van der Waals surface area contributed by atoms with Gasteiger partial charge in [0.1, 0.15) is 6.54 Å². The number of amides is 4. The Hall–Kier alpha value is -2.12. The largest absolute Gasteiger partial charge is 0.352 e. The van der Waals surface area contributed by atoms with Crippen molar-refractivity contribution in [1.82, 2.24) is 10.2 Å². The number of nitrogens with zero attached hydrogens (tertiary/aromatic N) is 2. The van der Waals surface area contributed by atoms with E-state index in [9.17, 15) is 14.4 Å². The van der Waals surface area contributed by atoms with Gasteiger partial charge < -0.3 is 16.0 Å². The molecule has 1 saturated heterocycles. The molecule has 208 valence electrons. The molecule has 4 amide bonds. The van der Waals surface area contributed by atoms with Crippen LogP contribution in [0, 0.1) is 0 Å². The van der Waals surface area contributed by atoms with Crippen LogP contribution in [0.3, 0.4) is 0 Å². The van der Waals surface area contributed by atoms with E-state index in [1.54, 1.807) is 24.3 Å². The molecule has 0 saturated carbocycles. The molecule has 37 heavy (non-hydrogen) atoms. The van der Waals surface area contributed by atoms with Gasteiger partial charge in [0.25, 0.3) is 5.91 Å². The minimum atomic E-state index is -0.379. The first-order valence-electron chi connectivity index (χ1n) is 14.3. The van der Waals surface area contributed by atoms with Crippen molar-refractivity contribution in [3.05, 3.63) is 29.3 Å². The number of unbranched alkanes of at least 4 members (excludes halogenated alkanes) is 11. The average molecular weight is 535 g/mol. The quantitative estimate of drug-likeness (QED) is 0.149. The van der Waals surface area contributed by atoms with Crippen LogP contribution in [0.2, 0.25) is 5.02 Å². The highest BCUT2D eigenvalue weighted by Crippen LogP contribution is 2.24. The van der Waals surface area contributed by atoms with Gasteiger partial charge in [-0.05, 0) is 44.0 Å². The van der Waals surface area contributed by atoms with Gasteiger partial charge in [0, 0.05) is 24.0 Å². The highest BCUT2D eigenvalue weighted by atomic mass is 35.5. The maximum Gasteiger partial charge on any atom is 0.331 e. The molecule has 0 aromatic heterocycles. The summed E-state index contributed by atoms with van der Waals surface area (Å²) in [5.74, 6) is -0.279. The number of carbonyl (C=O) groups is 3. The zero-order valence-electron chi connectivity index (χ0n) is 22.7. The van der Waals surface area contributed by atoms with E-state index < -0.39 is 0 Å². The lowest BCUT2D eigenvalue weighted by Crippen LogP contribution is -2.45. The predicted molar refractivity (Wildman–Crippen MR) is 152 cm³/mol. The molecule has 1 aliphatic heterocycles. The van der Waals surface area contributed by atoms with Crippen LogP contribution in [-0.4, -0.2) is 48.4 Å². The Balaban J connectivity index is 1.74. The molecule has 1 fully saturated rings. The molecule has 0 unspecified atom stereocenters. The normalized spacial score (nSPS) is 14.5. The first-order valence-corrected chi connectivity index (χ1v) is 14.7. The third kappa shape index (κ3) is 11.9. The lowest BCUT2D eigenvalue weighted by Gasteiger charge is -2.24. The number of anilines is 1. The molecule has 1 aliphatic rings. The van der Waals surface area contributed by atoms with Crippen molar-refractivity contribution < 1.29 is 14.4 Å². The Morgan fingerprint density at radius 3 is 2.24 bits per heavy atom. The molecule has 1 heterocycles. The summed E-state index contributed by atoms with van der Waals surface area (Å²) in [5.41, 5.74) is 6.12. The first kappa shape index (κ1) is 31.1. The molecule has 0 spiro atoms. The maximum absolute atomic E-state index is 13.0. The Morgan fingerprint density at radius 1 is 0.973 bits per heavy atom. The summed E-state index contributed by atoms with van der Waals surface area (Å²) in [4.78, 5) is 41.0. The molecule has 3 N–H and O–H groups in total. The summed E-state index contributed by atoms with van der Waals surface area (Å²) in [7, 11) is 0. The zero-order valence-corrected chi connectivity index (χ0v) is 23.4. The van der Waals surface area contributed by atoms with Crippen LogP contribution in [-0.2, 0) is 9.59 Å². The number of hydrogen-bond donors (Lipinski definition) is 2. The number of nitrogens with two attached hydrogens (primary N) is 1. The van der Waals surface area contributed by atoms with Crippen LogP contribution < -0.4 is 16.0 Å². The standard InChI is InChI=1S/C29H47ClN4O3/c1-2-3-4-5-6-7-8-9-10-11-12-19-27(35)32-25(17-13-14-20-31)22-33-23-28(36)34(29(33)37)26-18-15-16-24(30)21-26/h15-16,18,21,25H,2-14,17,19-20,22-23,31H2,1H3,(H,32,35)/t25-/m0/s1. The molecule has 0 bridgehead atoms. The lowest BCUT2D eigenvalue weighted by molar-refractivity contribution is -0.122. The fourth-order valence-corrected chi connectivity index (χ4v) is 5.01. The molecule has 8 heteroatoms. The van der Waals surface area contributed by atoms with E-state index in [4.69, 9.17) is 17.3 Å². The zero-order chi connectivity index (χ0) is 26.9. The Labute approximate surface area is 228 Å². The van der Waals surface area contributed by atoms with Crippen LogP contribution in [0.4, 0.5) is 10.5 Å². The van der Waals surface area contributed by atoms with Crippen molar-refractivity contribution in [2.24, 2.45) is 5.73 Å². The number of carbonyl (C=O) groups excluding carboxylic acids is 3. The third-order valence-electron chi connectivity index (χ3n) is 6.92. The van der Waals surface area contributed by atoms with Crippen LogP contribution in [0.1, 0.15) is 103 Å². The average Bonchev–Trinajstić information content (AvgIpc) is 3.14. The van der Waals surface area contributed by atoms with E-state index in [1.165, 1.54) is 62.7 Å². The van der Waals surface area contributed by atoms with Gasteiger partial charge in [-0.2, -0.15) is 0 Å². The number of hydrogen-bond acceptors (Lipinski definition) is 4. The maximum atomic E-state index is 13.0. The molecule has 1 atom stereocenters. The highest BCUT2D eigenvalue weighted by Gasteiger charge is 2.38. The summed E-state index contributed by atoms with van der Waals surface area (Å²) >= 11 is 6.05. The second kappa shape index (κ2) is 18.2. The van der Waals surface area contributed by atoms with Gasteiger partial charge in [-0.15, -0.1) is 0 Å². The minimum absolute atomic E-state index is 0.00674. The van der Waals surface area contributed by atoms with E-state index in [-0.39, 0.29) is 30.4 Å². The smallest absolute Gasteiger partial charge is 0.331 e. The molecule has 1 aromatic carbocycles. The summed E-state index contributed by atoms with van der Waals surface area (Å²) in [5, 5.41) is 3.58. The van der Waals surface area contributed by atoms with E-state index in [2.05, 4.69) is 12.2 Å². The summed E-state index contributed by atoms with van der Waals surface area (Å²) in [6, 6.07) is 6.13. The second-order valence-corrected chi connectivity index (χ2v) is 10.6. The molecule has 0 radical (unpaired) electrons. The highest BCUT2D eigenvalue weighted by molar-refractivity contribution is 6.31. The topological polar surface area (TPSA) is 95.7 Å². The fraction of sp³-hybridized carbons (Fsp3) is 0.690. The van der Waals surface area contributed by atoms with Crippen LogP contribution in [0.15, 0.2) is 24.3 Å². The second-order valence-electron chi connectivity index (χ2n) is 10.2. The van der Waals surface area contributed by atoms with E-state index in [0.29, 0.717) is 30.2 Å². The van der Waals surface area contributed by atoms with Crippen LogP contribution in [0.25, 0.3) is 0 Å². The monoisotopic (exact) mass is 534 g/mol. The van der Waals surface area contributed by atoms with Crippen molar-refractivity contribution >= 4 is 35.1 Å². The Kier molecular flexibility index (Phi) is 15.3. The van der Waals surface area contributed by atoms with E-state index >= 15 is 0 Å². The third-order valence-corrected chi connectivity index (χ3v) is 7.16. The number of imide groups is 1. The lowest BCUT2D eigenvalue weighted by atomic mass is 10.0. The molecular formula is C29H47ClN4O3. The molecular weight excluding hydrogens is 488 g/mol. The van der Waals surface area contributed by atoms with Gasteiger partial charge in [-0.1, -0.05) is 95.2 Å². The number of benzene rings is 1. The number of rotatable bonds is 20. The number of urea groups is 1. The summed E-state index contributed by atoms with van der Waals surface area (Å²) < 4.78 is 0. The van der Waals surface area contributed by atoms with Crippen molar-refractivity contribution in [2.75, 3.05) is 24.5 Å². The first-order chi connectivity index (χ1) is 18.0. The Bertz CT molecular complexity index is 835. The predicted octanol–water partition coefficient (Wildman–Crippen LogP) is 6.42. The van der Waals surface area contributed by atoms with Crippen molar-refractivity contribution in [3.63, 3.8) is 0 Å². The van der Waals surface area contributed by atoms with E-state index in [1.807, 2.05) is 0 Å². The Morgan fingerprint density at radius 2 is 1.62 bits per heavy atom. The SMILES string of the molecule is CCCCCCCCCCCCCC(=O)N[C@@H](CCCCN)CN1CC(=O)N(c2cccc(Cl)c2)C1=O. The van der Waals surface area contributed by atoms with Gasteiger partial charge >= 0.3 is 6.03 Å². The van der Waals surface area contributed by atoms with Crippen molar-refractivity contribution in [3.8, 4) is 0 Å². The van der Waals surface area contributed by atoms with Crippen molar-refractivity contribution in [1.29, 1.82) is 0 Å². The number of halogens is 1. The van der Waals surface area contributed by atoms with E-state index in [0.717, 1.165) is 37.0 Å². The summed E-state index contributed by atoms with van der Waals surface area (Å²) in [6.07, 6.45) is 16.6. The molecule has 0 aliphatic carbocycles.